The van der Waals surface area contributed by atoms with Crippen molar-refractivity contribution in [2.75, 3.05) is 13.6 Å². The minimum absolute atomic E-state index is 0.144. The Morgan fingerprint density at radius 1 is 1.52 bits per heavy atom. The summed E-state index contributed by atoms with van der Waals surface area (Å²) in [5.41, 5.74) is 2.59. The maximum Gasteiger partial charge on any atom is 0.127 e. The van der Waals surface area contributed by atoms with Crippen molar-refractivity contribution in [1.29, 1.82) is 5.26 Å². The molecule has 5 heteroatoms. The highest BCUT2D eigenvalue weighted by molar-refractivity contribution is 6.20. The van der Waals surface area contributed by atoms with Gasteiger partial charge in [-0.2, -0.15) is 5.26 Å². The molecule has 2 aromatic rings. The lowest BCUT2D eigenvalue weighted by molar-refractivity contribution is 0.282. The van der Waals surface area contributed by atoms with Crippen molar-refractivity contribution < 1.29 is 0 Å². The van der Waals surface area contributed by atoms with Gasteiger partial charge in [0.15, 0.2) is 0 Å². The van der Waals surface area contributed by atoms with Crippen LogP contribution in [0.15, 0.2) is 18.2 Å². The largest absolute Gasteiger partial charge is 0.325 e. The van der Waals surface area contributed by atoms with Crippen molar-refractivity contribution >= 4 is 22.6 Å². The second kappa shape index (κ2) is 5.67. The monoisotopic (exact) mass is 302 g/mol. The third-order valence-corrected chi connectivity index (χ3v) is 4.52. The van der Waals surface area contributed by atoms with Crippen LogP contribution in [-0.2, 0) is 6.54 Å². The van der Waals surface area contributed by atoms with E-state index in [-0.39, 0.29) is 5.38 Å². The summed E-state index contributed by atoms with van der Waals surface area (Å²) < 4.78 is 2.19. The van der Waals surface area contributed by atoms with Gasteiger partial charge in [-0.15, -0.1) is 11.6 Å². The number of likely N-dealkylation sites (N-methyl/N-ethyl adjacent to an activating group) is 1. The van der Waals surface area contributed by atoms with E-state index in [2.05, 4.69) is 27.6 Å². The van der Waals surface area contributed by atoms with Crippen molar-refractivity contribution in [3.63, 3.8) is 0 Å². The number of hydrogen-bond acceptors (Lipinski definition) is 3. The number of hydrogen-bond donors (Lipinski definition) is 0. The first-order valence-corrected chi connectivity index (χ1v) is 7.78. The highest BCUT2D eigenvalue weighted by atomic mass is 35.5. The molecule has 0 saturated carbocycles. The van der Waals surface area contributed by atoms with Gasteiger partial charge in [0.25, 0.3) is 0 Å². The van der Waals surface area contributed by atoms with E-state index in [0.29, 0.717) is 11.6 Å². The Bertz CT molecular complexity index is 698. The molecule has 1 aliphatic rings. The van der Waals surface area contributed by atoms with Crippen LogP contribution in [-0.4, -0.2) is 34.1 Å². The van der Waals surface area contributed by atoms with Crippen LogP contribution in [0.5, 0.6) is 0 Å². The predicted molar refractivity (Wildman–Crippen MR) is 84.4 cm³/mol. The molecule has 0 radical (unpaired) electrons. The molecule has 4 nitrogen and oxygen atoms in total. The van der Waals surface area contributed by atoms with Crippen molar-refractivity contribution in [1.82, 2.24) is 14.5 Å². The number of alkyl halides is 1. The Morgan fingerprint density at radius 2 is 2.33 bits per heavy atom. The molecular formula is C16H19ClN4. The fourth-order valence-electron chi connectivity index (χ4n) is 3.13. The third-order valence-electron chi connectivity index (χ3n) is 4.33. The predicted octanol–water partition coefficient (Wildman–Crippen LogP) is 3.30. The van der Waals surface area contributed by atoms with Gasteiger partial charge in [-0.3, -0.25) is 0 Å². The zero-order valence-electron chi connectivity index (χ0n) is 12.4. The molecule has 3 rings (SSSR count). The summed E-state index contributed by atoms with van der Waals surface area (Å²) in [4.78, 5) is 7.05. The first-order chi connectivity index (χ1) is 10.1. The van der Waals surface area contributed by atoms with E-state index < -0.39 is 0 Å². The summed E-state index contributed by atoms with van der Waals surface area (Å²) >= 11 is 6.31. The summed E-state index contributed by atoms with van der Waals surface area (Å²) in [5.74, 6) is 0.891. The van der Waals surface area contributed by atoms with Gasteiger partial charge in [0.2, 0.25) is 0 Å². The number of benzene rings is 1. The summed E-state index contributed by atoms with van der Waals surface area (Å²) in [5, 5.41) is 8.97. The van der Waals surface area contributed by atoms with E-state index in [9.17, 15) is 0 Å². The lowest BCUT2D eigenvalue weighted by atomic mass is 10.2. The number of aromatic nitrogens is 2. The molecule has 0 bridgehead atoms. The van der Waals surface area contributed by atoms with E-state index in [4.69, 9.17) is 16.9 Å². The van der Waals surface area contributed by atoms with E-state index in [0.717, 1.165) is 29.9 Å². The maximum atomic E-state index is 9.12. The molecule has 0 N–H and O–H groups in total. The molecule has 0 spiro atoms. The fraction of sp³-hybridized carbons (Fsp3) is 0.500. The Morgan fingerprint density at radius 3 is 2.95 bits per heavy atom. The van der Waals surface area contributed by atoms with Gasteiger partial charge < -0.3 is 9.47 Å². The number of fused-ring (bicyclic) bond motifs is 1. The van der Waals surface area contributed by atoms with Gasteiger partial charge in [-0.25, -0.2) is 4.98 Å². The molecule has 1 aromatic heterocycles. The van der Waals surface area contributed by atoms with Crippen LogP contribution in [0.4, 0.5) is 0 Å². The maximum absolute atomic E-state index is 9.12. The Hall–Kier alpha value is -1.57. The Kier molecular flexibility index (Phi) is 3.88. The van der Waals surface area contributed by atoms with Gasteiger partial charge in [-0.1, -0.05) is 0 Å². The molecule has 0 amide bonds. The second-order valence-corrected chi connectivity index (χ2v) is 6.44. The van der Waals surface area contributed by atoms with Crippen LogP contribution < -0.4 is 0 Å². The summed E-state index contributed by atoms with van der Waals surface area (Å²) in [7, 11) is 2.17. The number of likely N-dealkylation sites (tertiary alicyclic amines) is 1. The van der Waals surface area contributed by atoms with Crippen LogP contribution in [0, 0.1) is 11.3 Å². The molecule has 2 atom stereocenters. The summed E-state index contributed by atoms with van der Waals surface area (Å²) in [6.45, 7) is 3.98. The highest BCUT2D eigenvalue weighted by Crippen LogP contribution is 2.27. The van der Waals surface area contributed by atoms with Gasteiger partial charge in [0.1, 0.15) is 5.82 Å². The van der Waals surface area contributed by atoms with Crippen molar-refractivity contribution in [2.45, 2.75) is 37.7 Å². The zero-order chi connectivity index (χ0) is 15.0. The average molecular weight is 303 g/mol. The molecule has 110 valence electrons. The number of imidazole rings is 1. The van der Waals surface area contributed by atoms with E-state index in [1.165, 1.54) is 12.8 Å². The normalized spacial score (nSPS) is 20.8. The fourth-order valence-corrected chi connectivity index (χ4v) is 3.29. The van der Waals surface area contributed by atoms with Crippen molar-refractivity contribution in [3.8, 4) is 6.07 Å². The van der Waals surface area contributed by atoms with Crippen LogP contribution in [0.1, 0.15) is 36.5 Å². The van der Waals surface area contributed by atoms with Crippen LogP contribution in [0.3, 0.4) is 0 Å². The highest BCUT2D eigenvalue weighted by Gasteiger charge is 2.24. The summed E-state index contributed by atoms with van der Waals surface area (Å²) in [6, 6.07) is 8.35. The topological polar surface area (TPSA) is 44.9 Å². The second-order valence-electron chi connectivity index (χ2n) is 5.79. The molecule has 1 saturated heterocycles. The van der Waals surface area contributed by atoms with Crippen LogP contribution in [0.2, 0.25) is 0 Å². The van der Waals surface area contributed by atoms with E-state index in [1.807, 2.05) is 25.1 Å². The molecular weight excluding hydrogens is 284 g/mol. The lowest BCUT2D eigenvalue weighted by Crippen LogP contribution is -2.30. The minimum Gasteiger partial charge on any atom is -0.325 e. The van der Waals surface area contributed by atoms with Gasteiger partial charge in [0.05, 0.1) is 28.0 Å². The number of nitriles is 1. The molecule has 0 aliphatic carbocycles. The average Bonchev–Trinajstić information content (AvgIpc) is 3.03. The Balaban J connectivity index is 2.08. The molecule has 21 heavy (non-hydrogen) atoms. The smallest absolute Gasteiger partial charge is 0.127 e. The van der Waals surface area contributed by atoms with Crippen molar-refractivity contribution in [3.05, 3.63) is 29.6 Å². The third kappa shape index (κ3) is 2.64. The van der Waals surface area contributed by atoms with Gasteiger partial charge in [0, 0.05) is 12.6 Å². The number of nitrogens with zero attached hydrogens (tertiary/aromatic N) is 4. The number of rotatable bonds is 3. The molecule has 1 aliphatic heterocycles. The molecule has 2 unspecified atom stereocenters. The number of halogens is 1. The SMILES string of the molecule is CC(Cl)c1nc2ccc(C#N)cc2n1CC1CCCN1C. The zero-order valence-corrected chi connectivity index (χ0v) is 13.1. The minimum atomic E-state index is -0.144. The molecule has 2 heterocycles. The van der Waals surface area contributed by atoms with E-state index in [1.54, 1.807) is 0 Å². The Labute approximate surface area is 129 Å². The van der Waals surface area contributed by atoms with E-state index >= 15 is 0 Å². The molecule has 1 aromatic carbocycles. The molecule has 1 fully saturated rings. The quantitative estimate of drug-likeness (QED) is 0.817. The first kappa shape index (κ1) is 14.4. The summed E-state index contributed by atoms with van der Waals surface area (Å²) in [6.07, 6.45) is 2.44. The van der Waals surface area contributed by atoms with Crippen LogP contribution in [0.25, 0.3) is 11.0 Å². The first-order valence-electron chi connectivity index (χ1n) is 7.34. The lowest BCUT2D eigenvalue weighted by Gasteiger charge is -2.22. The van der Waals surface area contributed by atoms with Crippen LogP contribution >= 0.6 is 11.6 Å². The van der Waals surface area contributed by atoms with Gasteiger partial charge >= 0.3 is 0 Å². The van der Waals surface area contributed by atoms with Crippen molar-refractivity contribution in [2.24, 2.45) is 0 Å². The standard InChI is InChI=1S/C16H19ClN4/c1-11(17)16-19-14-6-5-12(9-18)8-15(14)21(16)10-13-4-3-7-20(13)2/h5-6,8,11,13H,3-4,7,10H2,1-2H3. The van der Waals surface area contributed by atoms with Gasteiger partial charge in [-0.05, 0) is 51.6 Å².